The largest absolute Gasteiger partial charge is 0.463 e. The maximum atomic E-state index is 10.6. The quantitative estimate of drug-likeness (QED) is 0.273. The second kappa shape index (κ2) is 18.6. The van der Waals surface area contributed by atoms with Crippen molar-refractivity contribution in [2.75, 3.05) is 79.6 Å². The summed E-state index contributed by atoms with van der Waals surface area (Å²) in [7, 11) is 1.66. The van der Waals surface area contributed by atoms with E-state index in [1.807, 2.05) is 0 Å². The van der Waals surface area contributed by atoms with Crippen LogP contribution in [0.1, 0.15) is 26.7 Å². The summed E-state index contributed by atoms with van der Waals surface area (Å²) in [6.45, 7) is 10.7. The first-order valence-corrected chi connectivity index (χ1v) is 8.78. The van der Waals surface area contributed by atoms with Crippen molar-refractivity contribution < 1.29 is 28.5 Å². The van der Waals surface area contributed by atoms with E-state index in [1.54, 1.807) is 7.11 Å². The van der Waals surface area contributed by atoms with E-state index in [-0.39, 0.29) is 5.97 Å². The van der Waals surface area contributed by atoms with Gasteiger partial charge >= 0.3 is 5.97 Å². The highest BCUT2D eigenvalue weighted by molar-refractivity contribution is 5.65. The number of carbonyl (C=O) groups excluding carboxylic acids is 1. The van der Waals surface area contributed by atoms with E-state index in [9.17, 15) is 4.79 Å². The van der Waals surface area contributed by atoms with Crippen LogP contribution in [-0.2, 0) is 28.5 Å². The Morgan fingerprint density at radius 2 is 1.33 bits per heavy atom. The van der Waals surface area contributed by atoms with E-state index in [4.69, 9.17) is 23.7 Å². The molecule has 0 saturated carbocycles. The van der Waals surface area contributed by atoms with Crippen molar-refractivity contribution in [2.24, 2.45) is 0 Å². The van der Waals surface area contributed by atoms with Gasteiger partial charge in [-0.15, -0.1) is 0 Å². The van der Waals surface area contributed by atoms with E-state index in [2.05, 4.69) is 11.8 Å². The second-order valence-corrected chi connectivity index (χ2v) is 5.37. The van der Waals surface area contributed by atoms with Gasteiger partial charge in [0.25, 0.3) is 0 Å². The maximum Gasteiger partial charge on any atom is 0.302 e. The van der Waals surface area contributed by atoms with Gasteiger partial charge < -0.3 is 23.7 Å². The van der Waals surface area contributed by atoms with Crippen LogP contribution in [0.2, 0.25) is 0 Å². The summed E-state index contributed by atoms with van der Waals surface area (Å²) in [4.78, 5) is 12.9. The van der Waals surface area contributed by atoms with E-state index >= 15 is 0 Å². The summed E-state index contributed by atoms with van der Waals surface area (Å²) in [5, 5.41) is 0. The lowest BCUT2D eigenvalue weighted by Gasteiger charge is -2.22. The topological polar surface area (TPSA) is 66.5 Å². The number of hydrogen-bond acceptors (Lipinski definition) is 7. The molecule has 7 heteroatoms. The van der Waals surface area contributed by atoms with Crippen molar-refractivity contribution in [3.05, 3.63) is 0 Å². The molecular formula is C17H35NO6. The van der Waals surface area contributed by atoms with E-state index in [0.29, 0.717) is 46.2 Å². The van der Waals surface area contributed by atoms with Crippen molar-refractivity contribution in [1.29, 1.82) is 0 Å². The van der Waals surface area contributed by atoms with Crippen molar-refractivity contribution in [3.8, 4) is 0 Å². The minimum atomic E-state index is -0.280. The Morgan fingerprint density at radius 3 is 1.83 bits per heavy atom. The highest BCUT2D eigenvalue weighted by Gasteiger charge is 2.05. The molecule has 0 aliphatic heterocycles. The van der Waals surface area contributed by atoms with E-state index in [1.165, 1.54) is 6.92 Å². The lowest BCUT2D eigenvalue weighted by atomic mass is 10.4. The van der Waals surface area contributed by atoms with Crippen molar-refractivity contribution in [1.82, 2.24) is 4.90 Å². The molecule has 0 radical (unpaired) electrons. The highest BCUT2D eigenvalue weighted by Crippen LogP contribution is 1.93. The predicted molar refractivity (Wildman–Crippen MR) is 92.3 cm³/mol. The Kier molecular flexibility index (Phi) is 18.0. The highest BCUT2D eigenvalue weighted by atomic mass is 16.6. The number of rotatable bonds is 18. The van der Waals surface area contributed by atoms with Crippen LogP contribution in [0.4, 0.5) is 0 Å². The molecule has 0 N–H and O–H groups in total. The number of carbonyl (C=O) groups is 1. The van der Waals surface area contributed by atoms with Gasteiger partial charge in [-0.3, -0.25) is 9.69 Å². The third-order valence-electron chi connectivity index (χ3n) is 3.26. The van der Waals surface area contributed by atoms with Gasteiger partial charge in [0.1, 0.15) is 6.61 Å². The SMILES string of the molecule is CCCCOCCN(CCOCCOC)CCOCCOC(C)=O. The molecule has 7 nitrogen and oxygen atoms in total. The number of esters is 1. The number of unbranched alkanes of at least 4 members (excludes halogenated alkanes) is 1. The normalized spacial score (nSPS) is 11.2. The first-order valence-electron chi connectivity index (χ1n) is 8.78. The van der Waals surface area contributed by atoms with Crippen molar-refractivity contribution in [3.63, 3.8) is 0 Å². The van der Waals surface area contributed by atoms with Crippen LogP contribution in [0.25, 0.3) is 0 Å². The van der Waals surface area contributed by atoms with Gasteiger partial charge in [-0.05, 0) is 6.42 Å². The molecule has 0 aromatic heterocycles. The molecule has 144 valence electrons. The van der Waals surface area contributed by atoms with Gasteiger partial charge in [0.2, 0.25) is 0 Å². The molecular weight excluding hydrogens is 314 g/mol. The zero-order valence-corrected chi connectivity index (χ0v) is 15.6. The van der Waals surface area contributed by atoms with Gasteiger partial charge in [-0.1, -0.05) is 13.3 Å². The molecule has 0 bridgehead atoms. The molecule has 0 aromatic carbocycles. The molecule has 0 rings (SSSR count). The predicted octanol–water partition coefficient (Wildman–Crippen LogP) is 1.35. The van der Waals surface area contributed by atoms with Crippen molar-refractivity contribution in [2.45, 2.75) is 26.7 Å². The zero-order chi connectivity index (χ0) is 17.9. The number of ether oxygens (including phenoxy) is 5. The standard InChI is InChI=1S/C17H35NO6/c1-4-5-9-21-10-6-18(7-11-22-14-13-20-3)8-12-23-15-16-24-17(2)19/h4-16H2,1-3H3. The van der Waals surface area contributed by atoms with E-state index < -0.39 is 0 Å². The average molecular weight is 349 g/mol. The molecule has 0 atom stereocenters. The fraction of sp³-hybridized carbons (Fsp3) is 0.941. The Labute approximate surface area is 146 Å². The van der Waals surface area contributed by atoms with Gasteiger partial charge in [-0.25, -0.2) is 0 Å². The minimum Gasteiger partial charge on any atom is -0.463 e. The zero-order valence-electron chi connectivity index (χ0n) is 15.6. The van der Waals surface area contributed by atoms with Crippen LogP contribution >= 0.6 is 0 Å². The molecule has 0 aromatic rings. The molecule has 0 heterocycles. The summed E-state index contributed by atoms with van der Waals surface area (Å²) in [5.74, 6) is -0.280. The van der Waals surface area contributed by atoms with Gasteiger partial charge in [0, 0.05) is 40.3 Å². The molecule has 0 saturated heterocycles. The van der Waals surface area contributed by atoms with Crippen LogP contribution in [0, 0.1) is 0 Å². The monoisotopic (exact) mass is 349 g/mol. The van der Waals surface area contributed by atoms with Gasteiger partial charge in [0.15, 0.2) is 0 Å². The molecule has 0 aliphatic carbocycles. The third-order valence-corrected chi connectivity index (χ3v) is 3.26. The Balaban J connectivity index is 3.78. The minimum absolute atomic E-state index is 0.280. The molecule has 0 amide bonds. The van der Waals surface area contributed by atoms with Crippen LogP contribution in [-0.4, -0.2) is 90.5 Å². The van der Waals surface area contributed by atoms with Gasteiger partial charge in [0.05, 0.1) is 39.6 Å². The van der Waals surface area contributed by atoms with Crippen molar-refractivity contribution >= 4 is 5.97 Å². The smallest absolute Gasteiger partial charge is 0.302 e. The molecule has 0 spiro atoms. The molecule has 24 heavy (non-hydrogen) atoms. The summed E-state index contributed by atoms with van der Waals surface area (Å²) in [6, 6.07) is 0. The van der Waals surface area contributed by atoms with Gasteiger partial charge in [-0.2, -0.15) is 0 Å². The second-order valence-electron chi connectivity index (χ2n) is 5.37. The first kappa shape index (κ1) is 23.3. The number of methoxy groups -OCH3 is 1. The fourth-order valence-electron chi connectivity index (χ4n) is 1.86. The first-order chi connectivity index (χ1) is 11.7. The van der Waals surface area contributed by atoms with Crippen LogP contribution in [0.3, 0.4) is 0 Å². The lowest BCUT2D eigenvalue weighted by Crippen LogP contribution is -2.34. The summed E-state index contributed by atoms with van der Waals surface area (Å²) >= 11 is 0. The Hall–Kier alpha value is -0.730. The molecule has 0 fully saturated rings. The Morgan fingerprint density at radius 1 is 0.792 bits per heavy atom. The lowest BCUT2D eigenvalue weighted by molar-refractivity contribution is -0.142. The maximum absolute atomic E-state index is 10.6. The summed E-state index contributed by atoms with van der Waals surface area (Å²) in [5.41, 5.74) is 0. The van der Waals surface area contributed by atoms with Crippen LogP contribution in [0.5, 0.6) is 0 Å². The number of nitrogens with zero attached hydrogens (tertiary/aromatic N) is 1. The molecule has 0 aliphatic rings. The number of hydrogen-bond donors (Lipinski definition) is 0. The average Bonchev–Trinajstić information content (AvgIpc) is 2.56. The van der Waals surface area contributed by atoms with E-state index in [0.717, 1.165) is 39.1 Å². The molecule has 0 unspecified atom stereocenters. The Bertz CT molecular complexity index is 264. The third kappa shape index (κ3) is 17.6. The van der Waals surface area contributed by atoms with Crippen LogP contribution in [0.15, 0.2) is 0 Å². The van der Waals surface area contributed by atoms with Crippen LogP contribution < -0.4 is 0 Å². The summed E-state index contributed by atoms with van der Waals surface area (Å²) < 4.78 is 26.4. The fourth-order valence-corrected chi connectivity index (χ4v) is 1.86. The summed E-state index contributed by atoms with van der Waals surface area (Å²) in [6.07, 6.45) is 2.24.